The number of hydrogen-bond acceptors (Lipinski definition) is 3. The number of nitrogens with zero attached hydrogens (tertiary/aromatic N) is 1. The number of hydrogen-bond donors (Lipinski definition) is 0. The van der Waals surface area contributed by atoms with Gasteiger partial charge < -0.3 is 4.74 Å². The van der Waals surface area contributed by atoms with E-state index < -0.39 is 10.0 Å². The third kappa shape index (κ3) is 3.10. The van der Waals surface area contributed by atoms with Gasteiger partial charge in [-0.25, -0.2) is 8.42 Å². The molecule has 1 aromatic carbocycles. The highest BCUT2D eigenvalue weighted by Crippen LogP contribution is 2.28. The first-order valence-corrected chi connectivity index (χ1v) is 7.75. The van der Waals surface area contributed by atoms with Crippen LogP contribution in [0.2, 0.25) is 0 Å². The molecule has 4 nitrogen and oxygen atoms in total. The number of benzene rings is 1. The Morgan fingerprint density at radius 2 is 2.06 bits per heavy atom. The third-order valence-corrected chi connectivity index (χ3v) is 4.90. The maximum absolute atomic E-state index is 12.2. The topological polar surface area (TPSA) is 46.4 Å². The molecule has 1 fully saturated rings. The number of sulfonamides is 1. The van der Waals surface area contributed by atoms with E-state index in [1.165, 1.54) is 4.31 Å². The minimum absolute atomic E-state index is 0.0204. The molecule has 0 aliphatic carbocycles. The minimum atomic E-state index is -3.30. The normalized spacial score (nSPS) is 22.9. The number of rotatable bonds is 7. The highest BCUT2D eigenvalue weighted by atomic mass is 32.2. The van der Waals surface area contributed by atoms with E-state index in [2.05, 4.69) is 6.92 Å². The largest absolute Gasteiger partial charge is 0.380 e. The van der Waals surface area contributed by atoms with Gasteiger partial charge in [0.15, 0.2) is 0 Å². The molecule has 18 heavy (non-hydrogen) atoms. The Kier molecular flexibility index (Phi) is 4.37. The van der Waals surface area contributed by atoms with Crippen molar-refractivity contribution in [3.05, 3.63) is 30.3 Å². The Labute approximate surface area is 109 Å². The first-order chi connectivity index (χ1) is 8.66. The van der Waals surface area contributed by atoms with E-state index >= 15 is 0 Å². The summed E-state index contributed by atoms with van der Waals surface area (Å²) in [7, 11) is -3.30. The lowest BCUT2D eigenvalue weighted by atomic mass is 10.4. The Balaban J connectivity index is 1.87. The van der Waals surface area contributed by atoms with Gasteiger partial charge in [0.1, 0.15) is 0 Å². The molecule has 0 N–H and O–H groups in total. The van der Waals surface area contributed by atoms with E-state index in [1.807, 2.05) is 6.07 Å². The zero-order chi connectivity index (χ0) is 13.0. The van der Waals surface area contributed by atoms with Gasteiger partial charge in [0, 0.05) is 13.2 Å². The van der Waals surface area contributed by atoms with E-state index in [0.717, 1.165) is 12.8 Å². The second-order valence-electron chi connectivity index (χ2n) is 4.47. The minimum Gasteiger partial charge on any atom is -0.380 e. The molecule has 2 rings (SSSR count). The summed E-state index contributed by atoms with van der Waals surface area (Å²) in [6.07, 6.45) is 2.12. The lowest BCUT2D eigenvalue weighted by Gasteiger charge is -2.06. The first-order valence-electron chi connectivity index (χ1n) is 6.31. The molecule has 2 atom stereocenters. The van der Waals surface area contributed by atoms with Crippen LogP contribution in [-0.4, -0.2) is 38.5 Å². The Hall–Kier alpha value is -0.910. The van der Waals surface area contributed by atoms with Crippen LogP contribution in [0, 0.1) is 0 Å². The van der Waals surface area contributed by atoms with Crippen molar-refractivity contribution in [2.45, 2.75) is 30.7 Å². The molecule has 1 saturated heterocycles. The molecule has 0 amide bonds. The van der Waals surface area contributed by atoms with Crippen LogP contribution in [0.25, 0.3) is 0 Å². The molecule has 0 saturated carbocycles. The van der Waals surface area contributed by atoms with Crippen molar-refractivity contribution in [2.75, 3.05) is 19.8 Å². The van der Waals surface area contributed by atoms with E-state index in [1.54, 1.807) is 24.3 Å². The molecule has 1 heterocycles. The van der Waals surface area contributed by atoms with Crippen molar-refractivity contribution in [2.24, 2.45) is 0 Å². The zero-order valence-corrected chi connectivity index (χ0v) is 11.4. The van der Waals surface area contributed by atoms with Crippen LogP contribution in [0.4, 0.5) is 0 Å². The maximum Gasteiger partial charge on any atom is 0.243 e. The average molecular weight is 269 g/mol. The van der Waals surface area contributed by atoms with Gasteiger partial charge in [0.25, 0.3) is 0 Å². The SMILES string of the molecule is CCCCOC[C@H]1CN1S(=O)(=O)c1ccccc1. The number of unbranched alkanes of at least 4 members (excludes halogenated alkanes) is 1. The highest BCUT2D eigenvalue weighted by molar-refractivity contribution is 7.89. The molecule has 0 spiro atoms. The van der Waals surface area contributed by atoms with E-state index in [-0.39, 0.29) is 6.04 Å². The van der Waals surface area contributed by atoms with Crippen molar-refractivity contribution < 1.29 is 13.2 Å². The smallest absolute Gasteiger partial charge is 0.243 e. The lowest BCUT2D eigenvalue weighted by Crippen LogP contribution is -2.17. The van der Waals surface area contributed by atoms with Gasteiger partial charge >= 0.3 is 0 Å². The van der Waals surface area contributed by atoms with Crippen molar-refractivity contribution in [3.8, 4) is 0 Å². The summed E-state index contributed by atoms with van der Waals surface area (Å²) >= 11 is 0. The lowest BCUT2D eigenvalue weighted by molar-refractivity contribution is 0.129. The van der Waals surface area contributed by atoms with E-state index in [9.17, 15) is 8.42 Å². The fraction of sp³-hybridized carbons (Fsp3) is 0.538. The van der Waals surface area contributed by atoms with Crippen LogP contribution in [0.5, 0.6) is 0 Å². The number of ether oxygens (including phenoxy) is 1. The summed E-state index contributed by atoms with van der Waals surface area (Å²) in [5.74, 6) is 0. The van der Waals surface area contributed by atoms with Crippen LogP contribution in [0.1, 0.15) is 19.8 Å². The second kappa shape index (κ2) is 5.82. The first kappa shape index (κ1) is 13.5. The van der Waals surface area contributed by atoms with E-state index in [4.69, 9.17) is 4.74 Å². The molecule has 0 aromatic heterocycles. The average Bonchev–Trinajstić information content (AvgIpc) is 3.16. The summed E-state index contributed by atoms with van der Waals surface area (Å²) in [6, 6.07) is 8.57. The maximum atomic E-state index is 12.2. The molecular formula is C13H19NO3S. The van der Waals surface area contributed by atoms with Crippen molar-refractivity contribution >= 4 is 10.0 Å². The van der Waals surface area contributed by atoms with Crippen molar-refractivity contribution in [1.29, 1.82) is 0 Å². The highest BCUT2D eigenvalue weighted by Gasteiger charge is 2.44. The van der Waals surface area contributed by atoms with Gasteiger partial charge in [-0.1, -0.05) is 31.5 Å². The predicted octanol–water partition coefficient (Wildman–Crippen LogP) is 1.88. The van der Waals surface area contributed by atoms with Gasteiger partial charge in [-0.15, -0.1) is 0 Å². The fourth-order valence-corrected chi connectivity index (χ4v) is 3.38. The molecule has 1 unspecified atom stereocenters. The van der Waals surface area contributed by atoms with Crippen molar-refractivity contribution in [3.63, 3.8) is 0 Å². The fourth-order valence-electron chi connectivity index (χ4n) is 1.78. The summed E-state index contributed by atoms with van der Waals surface area (Å²) in [4.78, 5) is 0.362. The Bertz CT molecular complexity index is 472. The third-order valence-electron chi connectivity index (χ3n) is 2.97. The van der Waals surface area contributed by atoms with Gasteiger partial charge in [-0.05, 0) is 18.6 Å². The molecule has 1 aromatic rings. The predicted molar refractivity (Wildman–Crippen MR) is 69.8 cm³/mol. The van der Waals surface area contributed by atoms with Gasteiger partial charge in [0.05, 0.1) is 17.5 Å². The monoisotopic (exact) mass is 269 g/mol. The van der Waals surface area contributed by atoms with Crippen molar-refractivity contribution in [1.82, 2.24) is 4.31 Å². The molecule has 100 valence electrons. The molecule has 1 aliphatic heterocycles. The summed E-state index contributed by atoms with van der Waals surface area (Å²) in [5.41, 5.74) is 0. The van der Waals surface area contributed by atoms with Gasteiger partial charge in [-0.2, -0.15) is 4.31 Å². The Morgan fingerprint density at radius 3 is 2.72 bits per heavy atom. The van der Waals surface area contributed by atoms with Crippen LogP contribution >= 0.6 is 0 Å². The van der Waals surface area contributed by atoms with Gasteiger partial charge in [0.2, 0.25) is 10.0 Å². The summed E-state index contributed by atoms with van der Waals surface area (Å²) in [6.45, 7) is 3.90. The van der Waals surface area contributed by atoms with Gasteiger partial charge in [-0.3, -0.25) is 0 Å². The standard InChI is InChI=1S/C13H19NO3S/c1-2-3-9-17-11-12-10-14(12)18(15,16)13-7-5-4-6-8-13/h4-8,12H,2-3,9-11H2,1H3/t12-,14?/m1/s1. The molecule has 5 heteroatoms. The molecular weight excluding hydrogens is 250 g/mol. The molecule has 0 bridgehead atoms. The van der Waals surface area contributed by atoms with Crippen LogP contribution in [0.15, 0.2) is 35.2 Å². The van der Waals surface area contributed by atoms with E-state index in [0.29, 0.717) is 24.7 Å². The quantitative estimate of drug-likeness (QED) is 0.561. The van der Waals surface area contributed by atoms with Crippen LogP contribution in [0.3, 0.4) is 0 Å². The van der Waals surface area contributed by atoms with Crippen LogP contribution in [-0.2, 0) is 14.8 Å². The molecule has 0 radical (unpaired) electrons. The van der Waals surface area contributed by atoms with Crippen LogP contribution < -0.4 is 0 Å². The molecule has 1 aliphatic rings. The second-order valence-corrected chi connectivity index (χ2v) is 6.36. The Morgan fingerprint density at radius 1 is 1.33 bits per heavy atom. The zero-order valence-electron chi connectivity index (χ0n) is 10.6. The summed E-state index contributed by atoms with van der Waals surface area (Å²) < 4.78 is 31.3. The summed E-state index contributed by atoms with van der Waals surface area (Å²) in [5, 5.41) is 0.